The zero-order chi connectivity index (χ0) is 12.8. The Kier molecular flexibility index (Phi) is 5.06. The van der Waals surface area contributed by atoms with E-state index in [-0.39, 0.29) is 24.5 Å². The van der Waals surface area contributed by atoms with Crippen molar-refractivity contribution in [3.05, 3.63) is 30.1 Å². The summed E-state index contributed by atoms with van der Waals surface area (Å²) in [5, 5.41) is 0. The van der Waals surface area contributed by atoms with Crippen molar-refractivity contribution in [3.63, 3.8) is 0 Å². The van der Waals surface area contributed by atoms with Crippen LogP contribution in [-0.2, 0) is 4.79 Å². The molecule has 4 N–H and O–H groups in total. The molecule has 5 heteroatoms. The van der Waals surface area contributed by atoms with Gasteiger partial charge in [0.2, 0.25) is 5.91 Å². The fraction of sp³-hybridized carbons (Fsp3) is 0.500. The van der Waals surface area contributed by atoms with Crippen LogP contribution in [0.25, 0.3) is 0 Å². The van der Waals surface area contributed by atoms with Gasteiger partial charge in [0, 0.05) is 18.4 Å². The zero-order valence-corrected chi connectivity index (χ0v) is 10.3. The van der Waals surface area contributed by atoms with Gasteiger partial charge in [0.1, 0.15) is 0 Å². The number of nitrogens with two attached hydrogens (primary N) is 2. The van der Waals surface area contributed by atoms with Crippen LogP contribution in [-0.4, -0.2) is 34.9 Å². The van der Waals surface area contributed by atoms with Crippen molar-refractivity contribution < 1.29 is 4.79 Å². The van der Waals surface area contributed by atoms with Crippen LogP contribution in [0.15, 0.2) is 24.5 Å². The highest BCUT2D eigenvalue weighted by atomic mass is 16.1. The highest BCUT2D eigenvalue weighted by molar-refractivity contribution is 5.76. The molecule has 0 aromatic carbocycles. The van der Waals surface area contributed by atoms with Gasteiger partial charge in [-0.05, 0) is 31.2 Å². The molecule has 0 spiro atoms. The monoisotopic (exact) mass is 236 g/mol. The summed E-state index contributed by atoms with van der Waals surface area (Å²) in [7, 11) is 0. The minimum absolute atomic E-state index is 0.0181. The number of likely N-dealkylation sites (N-methyl/N-ethyl adjacent to an activating group) is 1. The summed E-state index contributed by atoms with van der Waals surface area (Å²) < 4.78 is 0. The zero-order valence-electron chi connectivity index (χ0n) is 10.3. The molecule has 0 radical (unpaired) electrons. The van der Waals surface area contributed by atoms with Crippen LogP contribution in [0.1, 0.15) is 25.5 Å². The van der Waals surface area contributed by atoms with Crippen LogP contribution in [0.5, 0.6) is 0 Å². The first kappa shape index (κ1) is 13.6. The Bertz CT molecular complexity index is 353. The number of carbonyl (C=O) groups is 1. The molecule has 2 unspecified atom stereocenters. The third-order valence-electron chi connectivity index (χ3n) is 2.70. The molecule has 1 aromatic heterocycles. The number of pyridine rings is 1. The first-order valence-corrected chi connectivity index (χ1v) is 5.74. The van der Waals surface area contributed by atoms with E-state index in [0.29, 0.717) is 0 Å². The van der Waals surface area contributed by atoms with Crippen molar-refractivity contribution in [2.45, 2.75) is 25.9 Å². The third-order valence-corrected chi connectivity index (χ3v) is 2.70. The molecule has 2 atom stereocenters. The fourth-order valence-electron chi connectivity index (χ4n) is 2.01. The second kappa shape index (κ2) is 6.32. The smallest absolute Gasteiger partial charge is 0.231 e. The summed E-state index contributed by atoms with van der Waals surface area (Å²) in [6.07, 6.45) is 3.45. The molecule has 1 rings (SSSR count). The van der Waals surface area contributed by atoms with Gasteiger partial charge in [0.25, 0.3) is 0 Å². The number of rotatable bonds is 6. The number of amides is 1. The van der Waals surface area contributed by atoms with E-state index in [0.717, 1.165) is 12.1 Å². The average molecular weight is 236 g/mol. The van der Waals surface area contributed by atoms with E-state index >= 15 is 0 Å². The van der Waals surface area contributed by atoms with Gasteiger partial charge in [0.05, 0.1) is 12.6 Å². The average Bonchev–Trinajstić information content (AvgIpc) is 2.28. The topological polar surface area (TPSA) is 85.2 Å². The van der Waals surface area contributed by atoms with Crippen LogP contribution in [0, 0.1) is 0 Å². The van der Waals surface area contributed by atoms with E-state index in [1.54, 1.807) is 12.4 Å². The molecule has 1 heterocycles. The van der Waals surface area contributed by atoms with E-state index < -0.39 is 0 Å². The molecule has 0 saturated carbocycles. The molecule has 0 fully saturated rings. The molecule has 0 aliphatic rings. The maximum absolute atomic E-state index is 11.1. The highest BCUT2D eigenvalue weighted by Gasteiger charge is 2.23. The molecule has 0 saturated heterocycles. The van der Waals surface area contributed by atoms with Gasteiger partial charge in [-0.2, -0.15) is 0 Å². The number of aromatic nitrogens is 1. The molecular weight excluding hydrogens is 216 g/mol. The highest BCUT2D eigenvalue weighted by Crippen LogP contribution is 2.22. The normalized spacial score (nSPS) is 14.6. The molecule has 0 aliphatic carbocycles. The Labute approximate surface area is 102 Å². The second-order valence-corrected chi connectivity index (χ2v) is 4.11. The number of nitrogens with zero attached hydrogens (tertiary/aromatic N) is 2. The van der Waals surface area contributed by atoms with Crippen molar-refractivity contribution in [3.8, 4) is 0 Å². The molecule has 1 amide bonds. The van der Waals surface area contributed by atoms with Gasteiger partial charge in [-0.15, -0.1) is 0 Å². The van der Waals surface area contributed by atoms with Crippen LogP contribution < -0.4 is 11.5 Å². The van der Waals surface area contributed by atoms with Crippen molar-refractivity contribution in [2.24, 2.45) is 11.5 Å². The SMILES string of the molecule is CCN(CC(N)=O)C(c1ccncc1)C(C)N. The van der Waals surface area contributed by atoms with Crippen molar-refractivity contribution in [2.75, 3.05) is 13.1 Å². The van der Waals surface area contributed by atoms with E-state index in [2.05, 4.69) is 4.98 Å². The summed E-state index contributed by atoms with van der Waals surface area (Å²) in [5.41, 5.74) is 12.3. The predicted molar refractivity (Wildman–Crippen MR) is 67.1 cm³/mol. The fourth-order valence-corrected chi connectivity index (χ4v) is 2.01. The Morgan fingerprint density at radius 2 is 2.06 bits per heavy atom. The van der Waals surface area contributed by atoms with Crippen LogP contribution in [0.3, 0.4) is 0 Å². The Balaban J connectivity index is 2.95. The summed E-state index contributed by atoms with van der Waals surface area (Å²) in [6.45, 7) is 4.84. The van der Waals surface area contributed by atoms with Crippen LogP contribution >= 0.6 is 0 Å². The number of primary amides is 1. The van der Waals surface area contributed by atoms with Gasteiger partial charge in [-0.25, -0.2) is 0 Å². The Morgan fingerprint density at radius 3 is 2.47 bits per heavy atom. The van der Waals surface area contributed by atoms with Crippen LogP contribution in [0.4, 0.5) is 0 Å². The largest absolute Gasteiger partial charge is 0.369 e. The lowest BCUT2D eigenvalue weighted by molar-refractivity contribution is -0.119. The Morgan fingerprint density at radius 1 is 1.47 bits per heavy atom. The minimum atomic E-state index is -0.341. The summed E-state index contributed by atoms with van der Waals surface area (Å²) in [5.74, 6) is -0.341. The molecule has 17 heavy (non-hydrogen) atoms. The first-order chi connectivity index (χ1) is 8.06. The number of hydrogen-bond acceptors (Lipinski definition) is 4. The van der Waals surface area contributed by atoms with Gasteiger partial charge in [0.15, 0.2) is 0 Å². The molecule has 1 aromatic rings. The Hall–Kier alpha value is -1.46. The molecule has 94 valence electrons. The van der Waals surface area contributed by atoms with Gasteiger partial charge in [-0.1, -0.05) is 6.92 Å². The number of hydrogen-bond donors (Lipinski definition) is 2. The van der Waals surface area contributed by atoms with E-state index in [4.69, 9.17) is 11.5 Å². The van der Waals surface area contributed by atoms with Crippen molar-refractivity contribution in [1.82, 2.24) is 9.88 Å². The summed E-state index contributed by atoms with van der Waals surface area (Å²) in [4.78, 5) is 17.0. The van der Waals surface area contributed by atoms with Crippen molar-refractivity contribution >= 4 is 5.91 Å². The molecule has 0 aliphatic heterocycles. The lowest BCUT2D eigenvalue weighted by Gasteiger charge is -2.32. The maximum Gasteiger partial charge on any atom is 0.231 e. The summed E-state index contributed by atoms with van der Waals surface area (Å²) in [6, 6.07) is 3.72. The second-order valence-electron chi connectivity index (χ2n) is 4.11. The standard InChI is InChI=1S/C12H20N4O/c1-3-16(8-11(14)17)12(9(2)13)10-4-6-15-7-5-10/h4-7,9,12H,3,8,13H2,1-2H3,(H2,14,17). The predicted octanol–water partition coefficient (Wildman–Crippen LogP) is 0.277. The quantitative estimate of drug-likeness (QED) is 0.742. The molecule has 5 nitrogen and oxygen atoms in total. The third kappa shape index (κ3) is 3.80. The van der Waals surface area contributed by atoms with Gasteiger partial charge in [-0.3, -0.25) is 14.7 Å². The van der Waals surface area contributed by atoms with E-state index in [1.807, 2.05) is 30.9 Å². The molecular formula is C12H20N4O. The maximum atomic E-state index is 11.1. The molecule has 0 bridgehead atoms. The van der Waals surface area contributed by atoms with Gasteiger partial charge < -0.3 is 11.5 Å². The van der Waals surface area contributed by atoms with Gasteiger partial charge >= 0.3 is 0 Å². The lowest BCUT2D eigenvalue weighted by Crippen LogP contribution is -2.43. The lowest BCUT2D eigenvalue weighted by atomic mass is 10.0. The first-order valence-electron chi connectivity index (χ1n) is 5.74. The number of carbonyl (C=O) groups excluding carboxylic acids is 1. The summed E-state index contributed by atoms with van der Waals surface area (Å²) >= 11 is 0. The van der Waals surface area contributed by atoms with Crippen LogP contribution in [0.2, 0.25) is 0 Å². The van der Waals surface area contributed by atoms with E-state index in [9.17, 15) is 4.79 Å². The van der Waals surface area contributed by atoms with Crippen molar-refractivity contribution in [1.29, 1.82) is 0 Å². The van der Waals surface area contributed by atoms with E-state index in [1.165, 1.54) is 0 Å². The minimum Gasteiger partial charge on any atom is -0.369 e.